The van der Waals surface area contributed by atoms with Crippen molar-refractivity contribution in [2.45, 2.75) is 0 Å². The van der Waals surface area contributed by atoms with Crippen LogP contribution in [0.4, 0.5) is 0 Å². The van der Waals surface area contributed by atoms with E-state index in [0.717, 1.165) is 15.4 Å². The lowest BCUT2D eigenvalue weighted by Gasteiger charge is -2.11. The van der Waals surface area contributed by atoms with Gasteiger partial charge in [-0.15, -0.1) is 0 Å². The molecule has 5 aromatic rings. The van der Waals surface area contributed by atoms with Gasteiger partial charge in [0.25, 0.3) is 5.91 Å². The number of hydrogen-bond donors (Lipinski definition) is 2. The van der Waals surface area contributed by atoms with Crippen LogP contribution >= 0.6 is 55.1 Å². The molecule has 0 saturated carbocycles. The highest BCUT2D eigenvalue weighted by molar-refractivity contribution is 9.10. The standard InChI is InChI=1S/C30H19Br2Cl2N3O4/c1-40-26-11-8-19(33)14-22(26)30(39)41-25-10-7-17(31)12-16(25)15-35-37-29(38)28-27(20-4-2-3-5-23(20)34)21-13-18(32)6-9-24(21)36-28/h2-15,36H,1H3,(H,37,38). The molecule has 0 radical (unpaired) electrons. The number of carbonyl (C=O) groups is 2. The van der Waals surface area contributed by atoms with Gasteiger partial charge in [0, 0.05) is 46.6 Å². The molecule has 1 heterocycles. The smallest absolute Gasteiger partial charge is 0.347 e. The van der Waals surface area contributed by atoms with Crippen molar-refractivity contribution in [3.05, 3.63) is 115 Å². The molecule has 1 aromatic heterocycles. The van der Waals surface area contributed by atoms with Crippen LogP contribution in [0.1, 0.15) is 26.4 Å². The topological polar surface area (TPSA) is 92.8 Å². The first-order valence-corrected chi connectivity index (χ1v) is 14.3. The minimum Gasteiger partial charge on any atom is -0.496 e. The number of benzene rings is 4. The Hall–Kier alpha value is -3.63. The summed E-state index contributed by atoms with van der Waals surface area (Å²) in [6.45, 7) is 0. The molecule has 0 aliphatic heterocycles. The summed E-state index contributed by atoms with van der Waals surface area (Å²) in [5.74, 6) is -0.621. The van der Waals surface area contributed by atoms with Gasteiger partial charge in [-0.2, -0.15) is 5.10 Å². The van der Waals surface area contributed by atoms with Gasteiger partial charge in [0.1, 0.15) is 22.8 Å². The van der Waals surface area contributed by atoms with Crippen molar-refractivity contribution in [1.29, 1.82) is 0 Å². The molecule has 0 bridgehead atoms. The van der Waals surface area contributed by atoms with E-state index in [2.05, 4.69) is 47.4 Å². The molecular weight excluding hydrogens is 697 g/mol. The Morgan fingerprint density at radius 2 is 1.66 bits per heavy atom. The maximum atomic E-state index is 13.4. The first kappa shape index (κ1) is 28.9. The molecule has 41 heavy (non-hydrogen) atoms. The molecule has 2 N–H and O–H groups in total. The normalized spacial score (nSPS) is 11.1. The number of hydrazone groups is 1. The van der Waals surface area contributed by atoms with Gasteiger partial charge in [-0.25, -0.2) is 10.2 Å². The summed E-state index contributed by atoms with van der Waals surface area (Å²) in [5, 5.41) is 5.83. The van der Waals surface area contributed by atoms with Gasteiger partial charge < -0.3 is 14.5 Å². The fraction of sp³-hybridized carbons (Fsp3) is 0.0333. The number of methoxy groups -OCH3 is 1. The Balaban J connectivity index is 1.43. The fourth-order valence-electron chi connectivity index (χ4n) is 4.20. The van der Waals surface area contributed by atoms with E-state index in [-0.39, 0.29) is 17.0 Å². The van der Waals surface area contributed by atoms with E-state index in [1.165, 1.54) is 19.4 Å². The highest BCUT2D eigenvalue weighted by Crippen LogP contribution is 2.37. The first-order chi connectivity index (χ1) is 19.7. The third-order valence-corrected chi connectivity index (χ3v) is 7.61. The molecule has 0 fully saturated rings. The zero-order chi connectivity index (χ0) is 29.1. The maximum absolute atomic E-state index is 13.4. The van der Waals surface area contributed by atoms with E-state index in [9.17, 15) is 9.59 Å². The van der Waals surface area contributed by atoms with E-state index in [4.69, 9.17) is 32.7 Å². The van der Waals surface area contributed by atoms with Gasteiger partial charge in [0.2, 0.25) is 0 Å². The lowest BCUT2D eigenvalue weighted by atomic mass is 10.0. The Bertz CT molecular complexity index is 1840. The Morgan fingerprint density at radius 1 is 0.927 bits per heavy atom. The number of halogens is 4. The molecule has 5 rings (SSSR count). The number of aromatic nitrogens is 1. The summed E-state index contributed by atoms with van der Waals surface area (Å²) < 4.78 is 12.5. The van der Waals surface area contributed by atoms with E-state index >= 15 is 0 Å². The van der Waals surface area contributed by atoms with Gasteiger partial charge in [-0.3, -0.25) is 4.79 Å². The van der Waals surface area contributed by atoms with Crippen molar-refractivity contribution < 1.29 is 19.1 Å². The number of aromatic amines is 1. The third-order valence-electron chi connectivity index (χ3n) is 6.06. The fourth-order valence-corrected chi connectivity index (χ4v) is 5.34. The highest BCUT2D eigenvalue weighted by Gasteiger charge is 2.21. The molecular formula is C30H19Br2Cl2N3O4. The molecule has 4 aromatic carbocycles. The van der Waals surface area contributed by atoms with Gasteiger partial charge in [0.05, 0.1) is 13.3 Å². The quantitative estimate of drug-likeness (QED) is 0.0764. The van der Waals surface area contributed by atoms with E-state index < -0.39 is 11.9 Å². The number of nitrogens with one attached hydrogen (secondary N) is 2. The minimum absolute atomic E-state index is 0.164. The lowest BCUT2D eigenvalue weighted by molar-refractivity contribution is 0.0730. The Kier molecular flexibility index (Phi) is 8.79. The van der Waals surface area contributed by atoms with E-state index in [1.807, 2.05) is 36.4 Å². The Morgan fingerprint density at radius 3 is 2.44 bits per heavy atom. The molecule has 0 spiro atoms. The average Bonchev–Trinajstić information content (AvgIpc) is 3.33. The molecule has 0 aliphatic rings. The monoisotopic (exact) mass is 713 g/mol. The number of hydrogen-bond acceptors (Lipinski definition) is 5. The average molecular weight is 716 g/mol. The van der Waals surface area contributed by atoms with Gasteiger partial charge in [-0.05, 0) is 60.7 Å². The van der Waals surface area contributed by atoms with Crippen LogP contribution in [0, 0.1) is 0 Å². The van der Waals surface area contributed by atoms with Crippen molar-refractivity contribution in [2.24, 2.45) is 5.10 Å². The second-order valence-corrected chi connectivity index (χ2v) is 11.3. The number of carbonyl (C=O) groups excluding carboxylic acids is 2. The Labute approximate surface area is 261 Å². The van der Waals surface area contributed by atoms with Crippen molar-refractivity contribution in [3.63, 3.8) is 0 Å². The largest absolute Gasteiger partial charge is 0.496 e. The van der Waals surface area contributed by atoms with Gasteiger partial charge >= 0.3 is 5.97 Å². The van der Waals surface area contributed by atoms with Crippen LogP contribution in [0.25, 0.3) is 22.0 Å². The molecule has 0 aliphatic carbocycles. The van der Waals surface area contributed by atoms with Crippen molar-refractivity contribution >= 4 is 84.1 Å². The third kappa shape index (κ3) is 6.33. The summed E-state index contributed by atoms with van der Waals surface area (Å²) in [4.78, 5) is 29.5. The molecule has 0 atom stereocenters. The second-order valence-electron chi connectivity index (χ2n) is 8.66. The van der Waals surface area contributed by atoms with Crippen LogP contribution in [0.2, 0.25) is 10.0 Å². The molecule has 0 saturated heterocycles. The van der Waals surface area contributed by atoms with Gasteiger partial charge in [0.15, 0.2) is 0 Å². The summed E-state index contributed by atoms with van der Waals surface area (Å²) >= 11 is 19.5. The van der Waals surface area contributed by atoms with Crippen molar-refractivity contribution in [2.75, 3.05) is 7.11 Å². The maximum Gasteiger partial charge on any atom is 0.347 e. The lowest BCUT2D eigenvalue weighted by Crippen LogP contribution is -2.19. The molecule has 1 amide bonds. The molecule has 7 nitrogen and oxygen atoms in total. The second kappa shape index (κ2) is 12.5. The summed E-state index contributed by atoms with van der Waals surface area (Å²) in [5.41, 5.74) is 5.55. The number of H-pyrrole nitrogens is 1. The van der Waals surface area contributed by atoms with Crippen molar-refractivity contribution in [3.8, 4) is 22.6 Å². The minimum atomic E-state index is -0.668. The number of ether oxygens (including phenoxy) is 2. The SMILES string of the molecule is COc1ccc(Cl)cc1C(=O)Oc1ccc(Br)cc1C=NNC(=O)c1[nH]c2ccc(Br)cc2c1-c1ccccc1Cl. The molecule has 0 unspecified atom stereocenters. The number of esters is 1. The first-order valence-electron chi connectivity index (χ1n) is 12.0. The highest BCUT2D eigenvalue weighted by atomic mass is 79.9. The van der Waals surface area contributed by atoms with Crippen LogP contribution < -0.4 is 14.9 Å². The van der Waals surface area contributed by atoms with Crippen LogP contribution in [0.15, 0.2) is 92.9 Å². The van der Waals surface area contributed by atoms with Crippen LogP contribution in [0.3, 0.4) is 0 Å². The summed E-state index contributed by atoms with van der Waals surface area (Å²) in [6, 6.07) is 22.6. The van der Waals surface area contributed by atoms with Crippen LogP contribution in [-0.4, -0.2) is 30.2 Å². The number of fused-ring (bicyclic) bond motifs is 1. The summed E-state index contributed by atoms with van der Waals surface area (Å²) in [6.07, 6.45) is 1.38. The van der Waals surface area contributed by atoms with Crippen molar-refractivity contribution in [1.82, 2.24) is 10.4 Å². The van der Waals surface area contributed by atoms with E-state index in [1.54, 1.807) is 36.4 Å². The van der Waals surface area contributed by atoms with Crippen LogP contribution in [-0.2, 0) is 0 Å². The molecule has 11 heteroatoms. The van der Waals surface area contributed by atoms with E-state index in [0.29, 0.717) is 37.0 Å². The van der Waals surface area contributed by atoms with Crippen LogP contribution in [0.5, 0.6) is 11.5 Å². The number of rotatable bonds is 7. The molecule has 206 valence electrons. The number of amides is 1. The number of nitrogens with zero attached hydrogens (tertiary/aromatic N) is 1. The zero-order valence-electron chi connectivity index (χ0n) is 21.2. The predicted octanol–water partition coefficient (Wildman–Crippen LogP) is 8.66. The van der Waals surface area contributed by atoms with Gasteiger partial charge in [-0.1, -0.05) is 73.3 Å². The summed E-state index contributed by atoms with van der Waals surface area (Å²) in [7, 11) is 1.45. The zero-order valence-corrected chi connectivity index (χ0v) is 25.9. The predicted molar refractivity (Wildman–Crippen MR) is 169 cm³/mol.